The van der Waals surface area contributed by atoms with Crippen LogP contribution in [0.3, 0.4) is 0 Å². The Hall–Kier alpha value is -3.93. The van der Waals surface area contributed by atoms with Crippen LogP contribution in [-0.2, 0) is 24.2 Å². The highest BCUT2D eigenvalue weighted by Gasteiger charge is 2.18. The molecule has 2 heterocycles. The van der Waals surface area contributed by atoms with Crippen molar-refractivity contribution in [3.05, 3.63) is 111 Å². The number of fused-ring (bicyclic) bond motifs is 1. The van der Waals surface area contributed by atoms with Gasteiger partial charge in [0, 0.05) is 12.2 Å². The number of ether oxygens (including phenoxy) is 1. The van der Waals surface area contributed by atoms with Gasteiger partial charge in [-0.25, -0.2) is 4.79 Å². The summed E-state index contributed by atoms with van der Waals surface area (Å²) in [5, 5.41) is 9.05. The number of esters is 1. The van der Waals surface area contributed by atoms with E-state index in [9.17, 15) is 9.59 Å². The highest BCUT2D eigenvalue weighted by Crippen LogP contribution is 2.15. The molecule has 32 heavy (non-hydrogen) atoms. The molecule has 0 aliphatic rings. The van der Waals surface area contributed by atoms with E-state index in [2.05, 4.69) is 0 Å². The van der Waals surface area contributed by atoms with E-state index in [1.165, 1.54) is 13.2 Å². The monoisotopic (exact) mass is 427 g/mol. The van der Waals surface area contributed by atoms with Crippen LogP contribution in [0.15, 0.2) is 77.6 Å². The van der Waals surface area contributed by atoms with Crippen molar-refractivity contribution in [1.29, 1.82) is 5.41 Å². The minimum Gasteiger partial charge on any atom is -0.465 e. The molecule has 1 N–H and O–H groups in total. The molecule has 0 atom stereocenters. The first-order valence-electron chi connectivity index (χ1n) is 10.5. The second-order valence-corrected chi connectivity index (χ2v) is 7.75. The smallest absolute Gasteiger partial charge is 0.341 e. The molecule has 0 saturated heterocycles. The first-order valence-corrected chi connectivity index (χ1v) is 10.5. The molecule has 0 bridgehead atoms. The Labute approximate surface area is 185 Å². The summed E-state index contributed by atoms with van der Waals surface area (Å²) < 4.78 is 8.32. The molecule has 0 unspecified atom stereocenters. The summed E-state index contributed by atoms with van der Waals surface area (Å²) in [5.41, 5.74) is 3.50. The highest BCUT2D eigenvalue weighted by molar-refractivity contribution is 5.93. The van der Waals surface area contributed by atoms with E-state index >= 15 is 0 Å². The first-order chi connectivity index (χ1) is 15.5. The van der Waals surface area contributed by atoms with E-state index in [0.29, 0.717) is 30.4 Å². The standard InChI is InChI=1S/C26H25N3O3/c1-18-15-23-21(25(30)29(18)17-20-11-7-4-8-12-20)16-22(26(31)32-2)24(27)28(23)14-13-19-9-5-3-6-10-19/h3-12,15-16,27H,13-14,17H2,1-2H3. The van der Waals surface area contributed by atoms with Crippen molar-refractivity contribution in [3.8, 4) is 0 Å². The summed E-state index contributed by atoms with van der Waals surface area (Å²) in [6.45, 7) is 2.79. The zero-order valence-electron chi connectivity index (χ0n) is 18.2. The van der Waals surface area contributed by atoms with E-state index in [0.717, 1.165) is 16.8 Å². The number of rotatable bonds is 6. The van der Waals surface area contributed by atoms with Crippen molar-refractivity contribution in [3.63, 3.8) is 0 Å². The van der Waals surface area contributed by atoms with Crippen LogP contribution in [0.1, 0.15) is 27.2 Å². The Morgan fingerprint density at radius 3 is 2.19 bits per heavy atom. The summed E-state index contributed by atoms with van der Waals surface area (Å²) in [4.78, 5) is 25.9. The lowest BCUT2D eigenvalue weighted by atomic mass is 10.1. The van der Waals surface area contributed by atoms with E-state index < -0.39 is 5.97 Å². The maximum absolute atomic E-state index is 13.5. The van der Waals surface area contributed by atoms with Gasteiger partial charge in [0.15, 0.2) is 0 Å². The number of nitrogens with one attached hydrogen (secondary N) is 1. The molecule has 162 valence electrons. The number of carbonyl (C=O) groups is 1. The van der Waals surface area contributed by atoms with Crippen molar-refractivity contribution < 1.29 is 9.53 Å². The van der Waals surface area contributed by atoms with Gasteiger partial charge in [-0.05, 0) is 36.6 Å². The predicted octanol–water partition coefficient (Wildman–Crippen LogP) is 3.67. The van der Waals surface area contributed by atoms with Crippen LogP contribution >= 0.6 is 0 Å². The average molecular weight is 428 g/mol. The van der Waals surface area contributed by atoms with Crippen LogP contribution in [0.2, 0.25) is 0 Å². The third kappa shape index (κ3) is 4.12. The minimum absolute atomic E-state index is 0.0416. The number of pyridine rings is 2. The summed E-state index contributed by atoms with van der Waals surface area (Å²) in [5.74, 6) is -0.625. The maximum atomic E-state index is 13.5. The van der Waals surface area contributed by atoms with E-state index in [-0.39, 0.29) is 16.6 Å². The Morgan fingerprint density at radius 2 is 1.56 bits per heavy atom. The lowest BCUT2D eigenvalue weighted by molar-refractivity contribution is 0.0597. The van der Waals surface area contributed by atoms with Gasteiger partial charge >= 0.3 is 5.97 Å². The molecule has 0 aliphatic carbocycles. The quantitative estimate of drug-likeness (QED) is 0.477. The maximum Gasteiger partial charge on any atom is 0.341 e. The second-order valence-electron chi connectivity index (χ2n) is 7.75. The van der Waals surface area contributed by atoms with E-state index in [4.69, 9.17) is 10.1 Å². The van der Waals surface area contributed by atoms with Crippen LogP contribution in [-0.4, -0.2) is 22.2 Å². The number of aromatic nitrogens is 2. The van der Waals surface area contributed by atoms with Crippen LogP contribution in [0.25, 0.3) is 10.9 Å². The van der Waals surface area contributed by atoms with Crippen LogP contribution in [0.4, 0.5) is 0 Å². The van der Waals surface area contributed by atoms with Crippen LogP contribution < -0.4 is 11.0 Å². The molecule has 0 radical (unpaired) electrons. The van der Waals surface area contributed by atoms with Crippen molar-refractivity contribution in [2.24, 2.45) is 0 Å². The van der Waals surface area contributed by atoms with Crippen molar-refractivity contribution in [2.75, 3.05) is 7.11 Å². The Bertz CT molecular complexity index is 1390. The molecule has 6 nitrogen and oxygen atoms in total. The fourth-order valence-corrected chi connectivity index (χ4v) is 3.95. The molecular weight excluding hydrogens is 402 g/mol. The Balaban J connectivity index is 1.89. The van der Waals surface area contributed by atoms with Crippen molar-refractivity contribution >= 4 is 16.9 Å². The molecule has 0 fully saturated rings. The topological polar surface area (TPSA) is 77.1 Å². The molecule has 2 aromatic carbocycles. The third-order valence-electron chi connectivity index (χ3n) is 5.68. The summed E-state index contributed by atoms with van der Waals surface area (Å²) in [7, 11) is 1.28. The summed E-state index contributed by atoms with van der Waals surface area (Å²) in [6.07, 6.45) is 0.670. The van der Waals surface area contributed by atoms with Gasteiger partial charge in [0.05, 0.1) is 24.6 Å². The molecule has 4 rings (SSSR count). The van der Waals surface area contributed by atoms with Crippen molar-refractivity contribution in [2.45, 2.75) is 26.4 Å². The van der Waals surface area contributed by atoms with Gasteiger partial charge in [-0.1, -0.05) is 60.7 Å². The minimum atomic E-state index is -0.625. The van der Waals surface area contributed by atoms with E-state index in [1.54, 1.807) is 9.13 Å². The highest BCUT2D eigenvalue weighted by atomic mass is 16.5. The van der Waals surface area contributed by atoms with Crippen molar-refractivity contribution in [1.82, 2.24) is 9.13 Å². The largest absolute Gasteiger partial charge is 0.465 e. The third-order valence-corrected chi connectivity index (χ3v) is 5.68. The molecule has 4 aromatic rings. The lowest BCUT2D eigenvalue weighted by Gasteiger charge is -2.17. The van der Waals surface area contributed by atoms with Gasteiger partial charge in [0.2, 0.25) is 0 Å². The van der Waals surface area contributed by atoms with Gasteiger partial charge in [-0.3, -0.25) is 10.2 Å². The molecule has 0 saturated carbocycles. The SMILES string of the molecule is COC(=O)c1cc2c(=O)n(Cc3ccccc3)c(C)cc2n(CCc2ccccc2)c1=N. The van der Waals surface area contributed by atoms with E-state index in [1.807, 2.05) is 73.7 Å². The number of carbonyl (C=O) groups excluding carboxylic acids is 1. The van der Waals surface area contributed by atoms with Gasteiger partial charge in [-0.2, -0.15) is 0 Å². The Kier molecular flexibility index (Phi) is 6.03. The number of hydrogen-bond acceptors (Lipinski definition) is 4. The fraction of sp³-hybridized carbons (Fsp3) is 0.192. The Morgan fingerprint density at radius 1 is 0.938 bits per heavy atom. The molecule has 6 heteroatoms. The lowest BCUT2D eigenvalue weighted by Crippen LogP contribution is -2.32. The number of nitrogens with zero attached hydrogens (tertiary/aromatic N) is 2. The molecular formula is C26H25N3O3. The number of aryl methyl sites for hydroxylation is 3. The number of hydrogen-bond donors (Lipinski definition) is 1. The fourth-order valence-electron chi connectivity index (χ4n) is 3.95. The van der Waals surface area contributed by atoms with Gasteiger partial charge in [0.25, 0.3) is 5.56 Å². The molecule has 0 amide bonds. The normalized spacial score (nSPS) is 10.9. The second kappa shape index (κ2) is 9.06. The summed E-state index contributed by atoms with van der Waals surface area (Å²) in [6, 6.07) is 23.1. The van der Waals surface area contributed by atoms with Gasteiger partial charge in [-0.15, -0.1) is 0 Å². The predicted molar refractivity (Wildman–Crippen MR) is 124 cm³/mol. The number of methoxy groups -OCH3 is 1. The van der Waals surface area contributed by atoms with Gasteiger partial charge in [0.1, 0.15) is 11.1 Å². The zero-order chi connectivity index (χ0) is 22.7. The molecule has 0 spiro atoms. The number of benzene rings is 2. The summed E-state index contributed by atoms with van der Waals surface area (Å²) >= 11 is 0. The van der Waals surface area contributed by atoms with Crippen LogP contribution in [0.5, 0.6) is 0 Å². The average Bonchev–Trinajstić information content (AvgIpc) is 2.82. The zero-order valence-corrected chi connectivity index (χ0v) is 18.2. The van der Waals surface area contributed by atoms with Gasteiger partial charge < -0.3 is 13.9 Å². The molecule has 2 aromatic heterocycles. The first kappa shape index (κ1) is 21.3. The van der Waals surface area contributed by atoms with Crippen LogP contribution in [0, 0.1) is 12.3 Å². The molecule has 0 aliphatic heterocycles.